The number of anilines is 1. The Morgan fingerprint density at radius 2 is 1.84 bits per heavy atom. The van der Waals surface area contributed by atoms with Gasteiger partial charge in [0.25, 0.3) is 5.78 Å². The summed E-state index contributed by atoms with van der Waals surface area (Å²) >= 11 is 1.48. The molecule has 0 unspecified atom stereocenters. The molecule has 3 heterocycles. The minimum atomic E-state index is 0.0184. The quantitative estimate of drug-likeness (QED) is 0.411. The number of carbonyl (C=O) groups is 1. The summed E-state index contributed by atoms with van der Waals surface area (Å²) < 4.78 is 1.76. The Balaban J connectivity index is 1.58. The number of pyridine rings is 1. The molecule has 7 nitrogen and oxygen atoms in total. The monoisotopic (exact) mass is 432 g/mol. The molecule has 4 aromatic rings. The van der Waals surface area contributed by atoms with Crippen molar-refractivity contribution in [2.24, 2.45) is 0 Å². The van der Waals surface area contributed by atoms with Crippen molar-refractivity contribution in [1.82, 2.24) is 24.6 Å². The molecule has 0 saturated heterocycles. The topological polar surface area (TPSA) is 76.3 Å². The highest BCUT2D eigenvalue weighted by Crippen LogP contribution is 2.20. The van der Waals surface area contributed by atoms with E-state index in [9.17, 15) is 4.79 Å². The van der Waals surface area contributed by atoms with Crippen molar-refractivity contribution in [1.29, 1.82) is 0 Å². The van der Waals surface area contributed by atoms with Crippen molar-refractivity contribution in [2.75, 3.05) is 11.2 Å². The van der Waals surface area contributed by atoms with E-state index in [4.69, 9.17) is 0 Å². The SMILES string of the molecule is CSc1nc2nc(C)c(CCC(=O)N(Cc3ccccc3)c3ccccn3)c(C)n2n1. The molecule has 0 aliphatic carbocycles. The molecular formula is C23H24N6OS. The van der Waals surface area contributed by atoms with Gasteiger partial charge in [0, 0.05) is 24.0 Å². The van der Waals surface area contributed by atoms with Gasteiger partial charge in [-0.15, -0.1) is 5.10 Å². The van der Waals surface area contributed by atoms with Crippen molar-refractivity contribution in [3.05, 3.63) is 77.2 Å². The Kier molecular flexibility index (Phi) is 6.27. The molecule has 0 bridgehead atoms. The minimum Gasteiger partial charge on any atom is -0.292 e. The molecule has 31 heavy (non-hydrogen) atoms. The van der Waals surface area contributed by atoms with Crippen LogP contribution in [0.25, 0.3) is 5.78 Å². The van der Waals surface area contributed by atoms with Gasteiger partial charge in [0.1, 0.15) is 5.82 Å². The van der Waals surface area contributed by atoms with Crippen molar-refractivity contribution >= 4 is 29.3 Å². The lowest BCUT2D eigenvalue weighted by Gasteiger charge is -2.22. The van der Waals surface area contributed by atoms with Crippen LogP contribution in [0.2, 0.25) is 0 Å². The highest BCUT2D eigenvalue weighted by atomic mass is 32.2. The molecule has 8 heteroatoms. The van der Waals surface area contributed by atoms with Crippen molar-refractivity contribution in [2.45, 2.75) is 38.4 Å². The van der Waals surface area contributed by atoms with E-state index in [2.05, 4.69) is 20.1 Å². The van der Waals surface area contributed by atoms with Crippen LogP contribution in [0.5, 0.6) is 0 Å². The molecule has 0 atom stereocenters. The van der Waals surface area contributed by atoms with Crippen LogP contribution in [-0.2, 0) is 17.8 Å². The van der Waals surface area contributed by atoms with Crippen LogP contribution in [0.4, 0.5) is 5.82 Å². The van der Waals surface area contributed by atoms with Gasteiger partial charge in [-0.2, -0.15) is 4.98 Å². The largest absolute Gasteiger partial charge is 0.292 e. The third kappa shape index (κ3) is 4.59. The van der Waals surface area contributed by atoms with Gasteiger partial charge in [0.15, 0.2) is 0 Å². The van der Waals surface area contributed by atoms with Gasteiger partial charge in [0.05, 0.1) is 6.54 Å². The second kappa shape index (κ2) is 9.26. The molecule has 3 aromatic heterocycles. The van der Waals surface area contributed by atoms with E-state index in [-0.39, 0.29) is 5.91 Å². The summed E-state index contributed by atoms with van der Waals surface area (Å²) in [5.74, 6) is 1.26. The number of aromatic nitrogens is 5. The molecule has 0 aliphatic heterocycles. The van der Waals surface area contributed by atoms with Crippen molar-refractivity contribution in [3.63, 3.8) is 0 Å². The molecule has 0 fully saturated rings. The van der Waals surface area contributed by atoms with E-state index in [1.807, 2.05) is 68.6 Å². The first kappa shape index (κ1) is 21.0. The van der Waals surface area contributed by atoms with Crippen LogP contribution < -0.4 is 4.90 Å². The van der Waals surface area contributed by atoms with E-state index < -0.39 is 0 Å². The molecule has 158 valence electrons. The molecule has 1 aromatic carbocycles. The first-order chi connectivity index (χ1) is 15.1. The summed E-state index contributed by atoms with van der Waals surface area (Å²) in [5, 5.41) is 5.19. The predicted octanol–water partition coefficient (Wildman–Crippen LogP) is 4.02. The molecule has 0 aliphatic rings. The number of carbonyl (C=O) groups excluding carboxylic acids is 1. The molecule has 0 N–H and O–H groups in total. The van der Waals surface area contributed by atoms with E-state index in [0.29, 0.717) is 36.1 Å². The first-order valence-electron chi connectivity index (χ1n) is 10.1. The van der Waals surface area contributed by atoms with Gasteiger partial charge >= 0.3 is 0 Å². The minimum absolute atomic E-state index is 0.0184. The molecular weight excluding hydrogens is 408 g/mol. The predicted molar refractivity (Wildman–Crippen MR) is 122 cm³/mol. The number of amides is 1. The van der Waals surface area contributed by atoms with Crippen LogP contribution in [0.3, 0.4) is 0 Å². The fourth-order valence-corrected chi connectivity index (χ4v) is 3.92. The second-order valence-electron chi connectivity index (χ2n) is 7.22. The number of aryl methyl sites for hydroxylation is 2. The highest BCUT2D eigenvalue weighted by molar-refractivity contribution is 7.98. The molecule has 4 rings (SSSR count). The van der Waals surface area contributed by atoms with Gasteiger partial charge in [-0.1, -0.05) is 48.2 Å². The molecule has 0 saturated carbocycles. The Morgan fingerprint density at radius 1 is 1.06 bits per heavy atom. The fourth-order valence-electron chi connectivity index (χ4n) is 3.58. The van der Waals surface area contributed by atoms with Gasteiger partial charge < -0.3 is 0 Å². The maximum Gasteiger partial charge on any atom is 0.253 e. The third-order valence-electron chi connectivity index (χ3n) is 5.21. The van der Waals surface area contributed by atoms with Crippen LogP contribution in [0, 0.1) is 13.8 Å². The third-order valence-corrected chi connectivity index (χ3v) is 5.75. The number of benzene rings is 1. The van der Waals surface area contributed by atoms with E-state index in [1.54, 1.807) is 15.6 Å². The Labute approximate surface area is 185 Å². The lowest BCUT2D eigenvalue weighted by atomic mass is 10.1. The Morgan fingerprint density at radius 3 is 2.55 bits per heavy atom. The van der Waals surface area contributed by atoms with Crippen LogP contribution in [0.1, 0.15) is 28.9 Å². The van der Waals surface area contributed by atoms with E-state index >= 15 is 0 Å². The number of thioether (sulfide) groups is 1. The Hall–Kier alpha value is -3.26. The zero-order chi connectivity index (χ0) is 21.8. The summed E-state index contributed by atoms with van der Waals surface area (Å²) in [5.41, 5.74) is 3.93. The normalized spacial score (nSPS) is 11.1. The molecule has 0 radical (unpaired) electrons. The zero-order valence-electron chi connectivity index (χ0n) is 17.8. The smallest absolute Gasteiger partial charge is 0.253 e. The van der Waals surface area contributed by atoms with Gasteiger partial charge in [-0.05, 0) is 49.8 Å². The van der Waals surface area contributed by atoms with Gasteiger partial charge in [0.2, 0.25) is 11.1 Å². The first-order valence-corrected chi connectivity index (χ1v) is 11.3. The number of fused-ring (bicyclic) bond motifs is 1. The van der Waals surface area contributed by atoms with Crippen LogP contribution >= 0.6 is 11.8 Å². The summed E-state index contributed by atoms with van der Waals surface area (Å²) in [6.45, 7) is 4.44. The maximum absolute atomic E-state index is 13.3. The van der Waals surface area contributed by atoms with Crippen molar-refractivity contribution in [3.8, 4) is 0 Å². The fraction of sp³-hybridized carbons (Fsp3) is 0.261. The summed E-state index contributed by atoms with van der Waals surface area (Å²) in [4.78, 5) is 28.5. The van der Waals surface area contributed by atoms with E-state index in [1.165, 1.54) is 11.8 Å². The molecule has 1 amide bonds. The lowest BCUT2D eigenvalue weighted by molar-refractivity contribution is -0.118. The summed E-state index contributed by atoms with van der Waals surface area (Å²) in [6.07, 6.45) is 4.57. The van der Waals surface area contributed by atoms with Gasteiger partial charge in [-0.25, -0.2) is 14.5 Å². The summed E-state index contributed by atoms with van der Waals surface area (Å²) in [7, 11) is 0. The van der Waals surface area contributed by atoms with Crippen LogP contribution in [0.15, 0.2) is 59.9 Å². The van der Waals surface area contributed by atoms with E-state index in [0.717, 1.165) is 22.5 Å². The number of rotatable bonds is 7. The van der Waals surface area contributed by atoms with Crippen molar-refractivity contribution < 1.29 is 4.79 Å². The average Bonchev–Trinajstić information content (AvgIpc) is 3.22. The highest BCUT2D eigenvalue weighted by Gasteiger charge is 2.19. The molecule has 0 spiro atoms. The van der Waals surface area contributed by atoms with Crippen LogP contribution in [-0.4, -0.2) is 36.7 Å². The number of nitrogens with zero attached hydrogens (tertiary/aromatic N) is 6. The number of hydrogen-bond acceptors (Lipinski definition) is 6. The zero-order valence-corrected chi connectivity index (χ0v) is 18.6. The van der Waals surface area contributed by atoms with Gasteiger partial charge in [-0.3, -0.25) is 9.69 Å². The Bertz CT molecular complexity index is 1190. The maximum atomic E-state index is 13.3. The lowest BCUT2D eigenvalue weighted by Crippen LogP contribution is -2.31. The average molecular weight is 433 g/mol. The standard InChI is InChI=1S/C23H24N6OS/c1-16-19(17(2)29-22(25-16)26-23(27-29)31-3)12-13-21(30)28(20-11-7-8-14-24-20)15-18-9-5-4-6-10-18/h4-11,14H,12-13,15H2,1-3H3. The number of hydrogen-bond donors (Lipinski definition) is 0. The second-order valence-corrected chi connectivity index (χ2v) is 8.00. The summed E-state index contributed by atoms with van der Waals surface area (Å²) in [6, 6.07) is 15.6.